The molecular formula is C18H22ClF2N3O. The lowest BCUT2D eigenvalue weighted by atomic mass is 9.86. The molecule has 1 aliphatic rings. The summed E-state index contributed by atoms with van der Waals surface area (Å²) in [4.78, 5) is 12.6. The molecule has 1 aromatic carbocycles. The summed E-state index contributed by atoms with van der Waals surface area (Å²) in [5, 5.41) is 5.05. The SMILES string of the molecule is CCn1nc(Cc2ccccc2Cl)n(CC2CCC(F)(F)CC2)c1=O. The average molecular weight is 370 g/mol. The van der Waals surface area contributed by atoms with Gasteiger partial charge in [-0.2, -0.15) is 5.10 Å². The van der Waals surface area contributed by atoms with Crippen LogP contribution in [0.4, 0.5) is 8.78 Å². The summed E-state index contributed by atoms with van der Waals surface area (Å²) in [5.74, 6) is -1.84. The molecule has 136 valence electrons. The van der Waals surface area contributed by atoms with Crippen LogP contribution in [0, 0.1) is 5.92 Å². The van der Waals surface area contributed by atoms with E-state index in [1.54, 1.807) is 10.6 Å². The molecule has 1 aromatic heterocycles. The van der Waals surface area contributed by atoms with Gasteiger partial charge in [0.1, 0.15) is 5.82 Å². The lowest BCUT2D eigenvalue weighted by Crippen LogP contribution is -2.31. The monoisotopic (exact) mass is 369 g/mol. The minimum Gasteiger partial charge on any atom is -0.278 e. The zero-order valence-electron chi connectivity index (χ0n) is 14.2. The van der Waals surface area contributed by atoms with E-state index in [-0.39, 0.29) is 24.4 Å². The summed E-state index contributed by atoms with van der Waals surface area (Å²) in [6, 6.07) is 7.46. The van der Waals surface area contributed by atoms with Crippen LogP contribution in [-0.2, 0) is 19.5 Å². The van der Waals surface area contributed by atoms with Crippen LogP contribution in [0.2, 0.25) is 5.02 Å². The predicted octanol–water partition coefficient (Wildman–Crippen LogP) is 4.13. The maximum absolute atomic E-state index is 13.4. The van der Waals surface area contributed by atoms with E-state index in [9.17, 15) is 13.6 Å². The van der Waals surface area contributed by atoms with Crippen LogP contribution in [0.15, 0.2) is 29.1 Å². The minimum atomic E-state index is -2.56. The Morgan fingerprint density at radius 3 is 2.60 bits per heavy atom. The van der Waals surface area contributed by atoms with Crippen LogP contribution in [0.5, 0.6) is 0 Å². The fourth-order valence-corrected chi connectivity index (χ4v) is 3.56. The van der Waals surface area contributed by atoms with Crippen molar-refractivity contribution in [3.05, 3.63) is 51.2 Å². The Balaban J connectivity index is 1.84. The van der Waals surface area contributed by atoms with E-state index in [0.717, 1.165) is 5.56 Å². The van der Waals surface area contributed by atoms with E-state index in [1.807, 2.05) is 25.1 Å². The van der Waals surface area contributed by atoms with Crippen LogP contribution < -0.4 is 5.69 Å². The van der Waals surface area contributed by atoms with E-state index in [1.165, 1.54) is 4.68 Å². The summed E-state index contributed by atoms with van der Waals surface area (Å²) in [6.45, 7) is 2.78. The van der Waals surface area contributed by atoms with Crippen molar-refractivity contribution in [1.82, 2.24) is 14.3 Å². The molecule has 0 amide bonds. The van der Waals surface area contributed by atoms with Gasteiger partial charge < -0.3 is 0 Å². The summed E-state index contributed by atoms with van der Waals surface area (Å²) >= 11 is 6.22. The number of aryl methyl sites for hydroxylation is 1. The lowest BCUT2D eigenvalue weighted by Gasteiger charge is -2.28. The van der Waals surface area contributed by atoms with Crippen LogP contribution in [0.25, 0.3) is 0 Å². The van der Waals surface area contributed by atoms with Gasteiger partial charge >= 0.3 is 5.69 Å². The molecule has 1 heterocycles. The Morgan fingerprint density at radius 2 is 1.96 bits per heavy atom. The van der Waals surface area contributed by atoms with Gasteiger partial charge in [0.2, 0.25) is 5.92 Å². The highest BCUT2D eigenvalue weighted by molar-refractivity contribution is 6.31. The standard InChI is InChI=1S/C18H22ClF2N3O/c1-2-24-17(25)23(12-13-7-9-18(20,21)10-8-13)16(22-24)11-14-5-3-4-6-15(14)19/h3-6,13H,2,7-12H2,1H3. The smallest absolute Gasteiger partial charge is 0.278 e. The van der Waals surface area contributed by atoms with Crippen LogP contribution in [0.3, 0.4) is 0 Å². The zero-order valence-corrected chi connectivity index (χ0v) is 15.0. The van der Waals surface area contributed by atoms with Gasteiger partial charge in [-0.3, -0.25) is 4.57 Å². The van der Waals surface area contributed by atoms with Gasteiger partial charge in [0, 0.05) is 37.4 Å². The molecule has 0 aliphatic heterocycles. The molecule has 1 saturated carbocycles. The molecule has 7 heteroatoms. The molecule has 0 saturated heterocycles. The molecule has 1 fully saturated rings. The molecule has 0 radical (unpaired) electrons. The third-order valence-electron chi connectivity index (χ3n) is 4.88. The van der Waals surface area contributed by atoms with Crippen molar-refractivity contribution in [2.75, 3.05) is 0 Å². The topological polar surface area (TPSA) is 39.8 Å². The molecule has 1 aliphatic carbocycles. The molecule has 25 heavy (non-hydrogen) atoms. The third-order valence-corrected chi connectivity index (χ3v) is 5.25. The van der Waals surface area contributed by atoms with Gasteiger partial charge in [-0.1, -0.05) is 29.8 Å². The first kappa shape index (κ1) is 18.1. The molecule has 4 nitrogen and oxygen atoms in total. The van der Waals surface area contributed by atoms with Crippen molar-refractivity contribution in [2.45, 2.75) is 58.0 Å². The minimum absolute atomic E-state index is 0.0804. The van der Waals surface area contributed by atoms with Crippen LogP contribution in [0.1, 0.15) is 44.0 Å². The highest BCUT2D eigenvalue weighted by Crippen LogP contribution is 2.36. The first-order valence-electron chi connectivity index (χ1n) is 8.67. The molecular weight excluding hydrogens is 348 g/mol. The highest BCUT2D eigenvalue weighted by Gasteiger charge is 2.35. The fourth-order valence-electron chi connectivity index (χ4n) is 3.36. The number of halogens is 3. The van der Waals surface area contributed by atoms with Crippen molar-refractivity contribution in [3.8, 4) is 0 Å². The van der Waals surface area contributed by atoms with Crippen LogP contribution >= 0.6 is 11.6 Å². The Morgan fingerprint density at radius 1 is 1.28 bits per heavy atom. The summed E-state index contributed by atoms with van der Waals surface area (Å²) < 4.78 is 29.8. The van der Waals surface area contributed by atoms with Gasteiger partial charge in [-0.15, -0.1) is 0 Å². The van der Waals surface area contributed by atoms with E-state index >= 15 is 0 Å². The van der Waals surface area contributed by atoms with Crippen molar-refractivity contribution >= 4 is 11.6 Å². The summed E-state index contributed by atoms with van der Waals surface area (Å²) in [7, 11) is 0. The maximum Gasteiger partial charge on any atom is 0.345 e. The summed E-state index contributed by atoms with van der Waals surface area (Å²) in [6.07, 6.45) is 1.11. The molecule has 0 N–H and O–H groups in total. The number of rotatable bonds is 5. The van der Waals surface area contributed by atoms with E-state index in [2.05, 4.69) is 5.10 Å². The van der Waals surface area contributed by atoms with Gasteiger partial charge in [-0.25, -0.2) is 18.3 Å². The molecule has 3 rings (SSSR count). The van der Waals surface area contributed by atoms with Crippen molar-refractivity contribution in [1.29, 1.82) is 0 Å². The molecule has 0 unspecified atom stereocenters. The number of hydrogen-bond donors (Lipinski definition) is 0. The van der Waals surface area contributed by atoms with Crippen molar-refractivity contribution < 1.29 is 8.78 Å². The number of alkyl halides is 2. The second-order valence-electron chi connectivity index (χ2n) is 6.69. The van der Waals surface area contributed by atoms with Crippen molar-refractivity contribution in [2.24, 2.45) is 5.92 Å². The van der Waals surface area contributed by atoms with Gasteiger partial charge in [0.25, 0.3) is 0 Å². The zero-order chi connectivity index (χ0) is 18.0. The molecule has 2 aromatic rings. The van der Waals surface area contributed by atoms with Gasteiger partial charge in [0.15, 0.2) is 0 Å². The number of nitrogens with zero attached hydrogens (tertiary/aromatic N) is 3. The van der Waals surface area contributed by atoms with Gasteiger partial charge in [0.05, 0.1) is 0 Å². The number of hydrogen-bond acceptors (Lipinski definition) is 2. The second kappa shape index (κ2) is 7.28. The van der Waals surface area contributed by atoms with Crippen molar-refractivity contribution in [3.63, 3.8) is 0 Å². The number of aromatic nitrogens is 3. The Labute approximate surface area is 150 Å². The quantitative estimate of drug-likeness (QED) is 0.794. The van der Waals surface area contributed by atoms with Gasteiger partial charge in [-0.05, 0) is 37.3 Å². The highest BCUT2D eigenvalue weighted by atomic mass is 35.5. The average Bonchev–Trinajstić information content (AvgIpc) is 2.87. The van der Waals surface area contributed by atoms with Crippen LogP contribution in [-0.4, -0.2) is 20.3 Å². The maximum atomic E-state index is 13.4. The summed E-state index contributed by atoms with van der Waals surface area (Å²) in [5.41, 5.74) is 0.718. The first-order chi connectivity index (χ1) is 11.9. The Hall–Kier alpha value is -1.69. The van der Waals surface area contributed by atoms with E-state index in [4.69, 9.17) is 11.6 Å². The molecule has 0 spiro atoms. The molecule has 0 atom stereocenters. The first-order valence-corrected chi connectivity index (χ1v) is 9.05. The third kappa shape index (κ3) is 4.11. The fraction of sp³-hybridized carbons (Fsp3) is 0.556. The van der Waals surface area contributed by atoms with E-state index in [0.29, 0.717) is 43.2 Å². The lowest BCUT2D eigenvalue weighted by molar-refractivity contribution is -0.0474. The second-order valence-corrected chi connectivity index (χ2v) is 7.10. The predicted molar refractivity (Wildman–Crippen MR) is 93.3 cm³/mol. The number of benzene rings is 1. The Kier molecular flexibility index (Phi) is 5.27. The largest absolute Gasteiger partial charge is 0.345 e. The molecule has 0 bridgehead atoms. The normalized spacial score (nSPS) is 17.8. The van der Waals surface area contributed by atoms with E-state index < -0.39 is 5.92 Å². The Bertz CT molecular complexity index is 790.